The van der Waals surface area contributed by atoms with Gasteiger partial charge in [-0.25, -0.2) is 9.37 Å². The maximum Gasteiger partial charge on any atom is 0.269 e. The molecule has 0 atom stereocenters. The molecule has 0 spiro atoms. The van der Waals surface area contributed by atoms with Crippen LogP contribution in [0, 0.1) is 5.82 Å². The zero-order valence-corrected chi connectivity index (χ0v) is 15.4. The van der Waals surface area contributed by atoms with Gasteiger partial charge in [-0.1, -0.05) is 27.3 Å². The van der Waals surface area contributed by atoms with Crippen LogP contribution in [-0.4, -0.2) is 16.5 Å². The van der Waals surface area contributed by atoms with Crippen molar-refractivity contribution in [3.05, 3.63) is 52.8 Å². The van der Waals surface area contributed by atoms with Gasteiger partial charge in [0.2, 0.25) is 0 Å². The van der Waals surface area contributed by atoms with Crippen molar-refractivity contribution >= 4 is 48.5 Å². The van der Waals surface area contributed by atoms with Crippen molar-refractivity contribution in [2.45, 2.75) is 19.4 Å². The number of hydrogen-bond acceptors (Lipinski definition) is 4. The average Bonchev–Trinajstić information content (AvgIpc) is 2.90. The van der Waals surface area contributed by atoms with E-state index in [2.05, 4.69) is 26.2 Å². The van der Waals surface area contributed by atoms with Crippen LogP contribution in [0.3, 0.4) is 0 Å². The van der Waals surface area contributed by atoms with E-state index in [4.69, 9.17) is 4.74 Å². The highest BCUT2D eigenvalue weighted by molar-refractivity contribution is 9.10. The third-order valence-electron chi connectivity index (χ3n) is 3.30. The quantitative estimate of drug-likeness (QED) is 0.660. The Hall–Kier alpha value is -1.99. The van der Waals surface area contributed by atoms with Crippen molar-refractivity contribution in [1.29, 1.82) is 0 Å². The Kier molecular flexibility index (Phi) is 4.56. The Labute approximate surface area is 150 Å². The maximum atomic E-state index is 13.2. The topological polar surface area (TPSA) is 51.2 Å². The summed E-state index contributed by atoms with van der Waals surface area (Å²) in [5.41, 5.74) is -0.444. The number of ether oxygens (including phenoxy) is 1. The molecule has 24 heavy (non-hydrogen) atoms. The van der Waals surface area contributed by atoms with Crippen LogP contribution in [0.15, 0.2) is 46.9 Å². The fourth-order valence-electron chi connectivity index (χ4n) is 2.04. The van der Waals surface area contributed by atoms with E-state index in [0.29, 0.717) is 21.1 Å². The predicted molar refractivity (Wildman–Crippen MR) is 97.1 cm³/mol. The SMILES string of the molecule is CC(C)(Oc1ccc(Br)cc1)C(=O)Nc1nc2ccc(F)cc2s1. The number of thiazole rings is 1. The Morgan fingerprint density at radius 1 is 1.25 bits per heavy atom. The Morgan fingerprint density at radius 3 is 2.67 bits per heavy atom. The second-order valence-electron chi connectivity index (χ2n) is 5.65. The summed E-state index contributed by atoms with van der Waals surface area (Å²) in [6, 6.07) is 11.6. The van der Waals surface area contributed by atoms with E-state index >= 15 is 0 Å². The number of carbonyl (C=O) groups is 1. The highest BCUT2D eigenvalue weighted by Gasteiger charge is 2.30. The first-order valence-electron chi connectivity index (χ1n) is 7.16. The van der Waals surface area contributed by atoms with Gasteiger partial charge in [0.1, 0.15) is 11.6 Å². The molecule has 0 bridgehead atoms. The number of carbonyl (C=O) groups excluding carboxylic acids is 1. The number of nitrogens with one attached hydrogen (secondary N) is 1. The zero-order valence-electron chi connectivity index (χ0n) is 13.0. The smallest absolute Gasteiger partial charge is 0.269 e. The number of rotatable bonds is 4. The number of nitrogens with zero attached hydrogens (tertiary/aromatic N) is 1. The van der Waals surface area contributed by atoms with Gasteiger partial charge in [-0.15, -0.1) is 0 Å². The third kappa shape index (κ3) is 3.73. The van der Waals surface area contributed by atoms with Crippen LogP contribution in [0.5, 0.6) is 5.75 Å². The lowest BCUT2D eigenvalue weighted by atomic mass is 10.1. The van der Waals surface area contributed by atoms with Crippen LogP contribution < -0.4 is 10.1 Å². The van der Waals surface area contributed by atoms with Crippen LogP contribution in [0.2, 0.25) is 0 Å². The normalized spacial score (nSPS) is 11.5. The van der Waals surface area contributed by atoms with Gasteiger partial charge in [-0.05, 0) is 56.3 Å². The lowest BCUT2D eigenvalue weighted by Gasteiger charge is -2.24. The van der Waals surface area contributed by atoms with Crippen LogP contribution >= 0.6 is 27.3 Å². The van der Waals surface area contributed by atoms with E-state index in [1.54, 1.807) is 32.0 Å². The van der Waals surface area contributed by atoms with Gasteiger partial charge >= 0.3 is 0 Å². The van der Waals surface area contributed by atoms with Crippen molar-refractivity contribution < 1.29 is 13.9 Å². The number of aromatic nitrogens is 1. The second kappa shape index (κ2) is 6.49. The number of amides is 1. The van der Waals surface area contributed by atoms with Gasteiger partial charge in [0, 0.05) is 4.47 Å². The first-order valence-corrected chi connectivity index (χ1v) is 8.76. The number of benzene rings is 2. The minimum Gasteiger partial charge on any atom is -0.478 e. The lowest BCUT2D eigenvalue weighted by molar-refractivity contribution is -0.128. The number of hydrogen-bond donors (Lipinski definition) is 1. The number of halogens is 2. The Bertz CT molecular complexity index is 893. The summed E-state index contributed by atoms with van der Waals surface area (Å²) in [6.07, 6.45) is 0. The summed E-state index contributed by atoms with van der Waals surface area (Å²) in [5, 5.41) is 3.14. The molecule has 4 nitrogen and oxygen atoms in total. The molecule has 7 heteroatoms. The summed E-state index contributed by atoms with van der Waals surface area (Å²) in [7, 11) is 0. The molecule has 0 aliphatic rings. The summed E-state index contributed by atoms with van der Waals surface area (Å²) >= 11 is 4.57. The van der Waals surface area contributed by atoms with E-state index in [1.807, 2.05) is 12.1 Å². The first kappa shape index (κ1) is 16.9. The predicted octanol–water partition coefficient (Wildman–Crippen LogP) is 4.99. The monoisotopic (exact) mass is 408 g/mol. The molecule has 1 heterocycles. The summed E-state index contributed by atoms with van der Waals surface area (Å²) in [4.78, 5) is 16.8. The second-order valence-corrected chi connectivity index (χ2v) is 7.60. The molecule has 1 N–H and O–H groups in total. The molecule has 2 aromatic carbocycles. The van der Waals surface area contributed by atoms with E-state index in [0.717, 1.165) is 4.47 Å². The van der Waals surface area contributed by atoms with Gasteiger partial charge in [0.25, 0.3) is 5.91 Å². The minimum atomic E-state index is -1.09. The molecule has 0 fully saturated rings. The average molecular weight is 409 g/mol. The van der Waals surface area contributed by atoms with E-state index in [9.17, 15) is 9.18 Å². The molecule has 0 aliphatic carbocycles. The molecule has 0 radical (unpaired) electrons. The standard InChI is InChI=1S/C17H14BrFN2O2S/c1-17(2,23-12-6-3-10(18)4-7-12)15(22)21-16-20-13-8-5-11(19)9-14(13)24-16/h3-9H,1-2H3,(H,20,21,22). The summed E-state index contributed by atoms with van der Waals surface area (Å²) in [5.74, 6) is -0.0717. The number of fused-ring (bicyclic) bond motifs is 1. The first-order chi connectivity index (χ1) is 11.3. The highest BCUT2D eigenvalue weighted by Crippen LogP contribution is 2.28. The Morgan fingerprint density at radius 2 is 1.96 bits per heavy atom. The van der Waals surface area contributed by atoms with Gasteiger partial charge in [0.15, 0.2) is 10.7 Å². The highest BCUT2D eigenvalue weighted by atomic mass is 79.9. The van der Waals surface area contributed by atoms with E-state index in [-0.39, 0.29) is 11.7 Å². The molecule has 0 saturated heterocycles. The van der Waals surface area contributed by atoms with Gasteiger partial charge < -0.3 is 4.74 Å². The van der Waals surface area contributed by atoms with E-state index < -0.39 is 5.60 Å². The van der Waals surface area contributed by atoms with Crippen LogP contribution in [-0.2, 0) is 4.79 Å². The van der Waals surface area contributed by atoms with Gasteiger partial charge in [-0.3, -0.25) is 10.1 Å². The number of anilines is 1. The van der Waals surface area contributed by atoms with Gasteiger partial charge in [-0.2, -0.15) is 0 Å². The molecule has 124 valence electrons. The van der Waals surface area contributed by atoms with Crippen molar-refractivity contribution in [2.24, 2.45) is 0 Å². The lowest BCUT2D eigenvalue weighted by Crippen LogP contribution is -2.42. The largest absolute Gasteiger partial charge is 0.478 e. The third-order valence-corrected chi connectivity index (χ3v) is 4.77. The van der Waals surface area contributed by atoms with E-state index in [1.165, 1.54) is 23.5 Å². The van der Waals surface area contributed by atoms with Crippen molar-refractivity contribution in [2.75, 3.05) is 5.32 Å². The molecule has 1 amide bonds. The maximum absolute atomic E-state index is 13.2. The van der Waals surface area contributed by atoms with Crippen molar-refractivity contribution in [3.8, 4) is 5.75 Å². The zero-order chi connectivity index (χ0) is 17.3. The molecule has 3 rings (SSSR count). The van der Waals surface area contributed by atoms with Crippen LogP contribution in [0.4, 0.5) is 9.52 Å². The van der Waals surface area contributed by atoms with Crippen LogP contribution in [0.25, 0.3) is 10.2 Å². The molecular weight excluding hydrogens is 395 g/mol. The summed E-state index contributed by atoms with van der Waals surface area (Å²) in [6.45, 7) is 3.36. The van der Waals surface area contributed by atoms with Crippen molar-refractivity contribution in [3.63, 3.8) is 0 Å². The molecule has 0 saturated carbocycles. The molecule has 3 aromatic rings. The minimum absolute atomic E-state index is 0.329. The summed E-state index contributed by atoms with van der Waals surface area (Å²) < 4.78 is 20.6. The molecular formula is C17H14BrFN2O2S. The molecule has 1 aromatic heterocycles. The fourth-order valence-corrected chi connectivity index (χ4v) is 3.19. The molecule has 0 unspecified atom stereocenters. The van der Waals surface area contributed by atoms with Crippen LogP contribution in [0.1, 0.15) is 13.8 Å². The van der Waals surface area contributed by atoms with Crippen molar-refractivity contribution in [1.82, 2.24) is 4.98 Å². The molecule has 0 aliphatic heterocycles. The van der Waals surface area contributed by atoms with Gasteiger partial charge in [0.05, 0.1) is 10.2 Å². The Balaban J connectivity index is 1.75. The fraction of sp³-hybridized carbons (Fsp3) is 0.176.